The number of methoxy groups -OCH3 is 1. The first-order chi connectivity index (χ1) is 11.6. The van der Waals surface area contributed by atoms with Crippen molar-refractivity contribution < 1.29 is 14.3 Å². The highest BCUT2D eigenvalue weighted by Gasteiger charge is 2.34. The molecule has 1 atom stereocenters. The van der Waals surface area contributed by atoms with Gasteiger partial charge in [-0.2, -0.15) is 0 Å². The average Bonchev–Trinajstić information content (AvgIpc) is 2.61. The maximum atomic E-state index is 12.7. The fourth-order valence-corrected chi connectivity index (χ4v) is 2.95. The molecule has 3 rings (SSSR count). The van der Waals surface area contributed by atoms with Crippen molar-refractivity contribution in [2.75, 3.05) is 14.2 Å². The van der Waals surface area contributed by atoms with Crippen molar-refractivity contribution in [1.29, 1.82) is 0 Å². The third-order valence-corrected chi connectivity index (χ3v) is 4.35. The third kappa shape index (κ3) is 3.11. The number of fused-ring (bicyclic) bond motifs is 1. The minimum absolute atomic E-state index is 0.0432. The summed E-state index contributed by atoms with van der Waals surface area (Å²) in [7, 11) is 3.29. The molecule has 0 aliphatic carbocycles. The van der Waals surface area contributed by atoms with E-state index in [1.54, 1.807) is 14.2 Å². The summed E-state index contributed by atoms with van der Waals surface area (Å²) in [5.74, 6) is 0.559. The lowest BCUT2D eigenvalue weighted by atomic mass is 9.92. The smallest absolute Gasteiger partial charge is 0.247 e. The van der Waals surface area contributed by atoms with Crippen LogP contribution < -0.4 is 10.1 Å². The average molecular weight is 324 g/mol. The Morgan fingerprint density at radius 3 is 2.62 bits per heavy atom. The van der Waals surface area contributed by atoms with Crippen LogP contribution in [-0.2, 0) is 22.6 Å². The first kappa shape index (κ1) is 16.1. The molecule has 2 aromatic carbocycles. The van der Waals surface area contributed by atoms with Gasteiger partial charge in [-0.1, -0.05) is 36.4 Å². The van der Waals surface area contributed by atoms with E-state index in [2.05, 4.69) is 5.32 Å². The van der Waals surface area contributed by atoms with Crippen LogP contribution in [0.4, 0.5) is 0 Å². The summed E-state index contributed by atoms with van der Waals surface area (Å²) in [5.41, 5.74) is 2.79. The van der Waals surface area contributed by atoms with Crippen LogP contribution in [0.15, 0.2) is 48.5 Å². The van der Waals surface area contributed by atoms with Crippen LogP contribution in [0.2, 0.25) is 0 Å². The van der Waals surface area contributed by atoms with E-state index in [0.717, 1.165) is 22.4 Å². The monoisotopic (exact) mass is 324 g/mol. The fourth-order valence-electron chi connectivity index (χ4n) is 2.95. The lowest BCUT2D eigenvalue weighted by molar-refractivity contribution is -0.140. The number of hydrogen-bond acceptors (Lipinski definition) is 3. The molecule has 1 aliphatic heterocycles. The van der Waals surface area contributed by atoms with Gasteiger partial charge in [0.25, 0.3) is 0 Å². The van der Waals surface area contributed by atoms with Crippen molar-refractivity contribution in [1.82, 2.24) is 10.2 Å². The molecule has 0 aromatic heterocycles. The highest BCUT2D eigenvalue weighted by molar-refractivity contribution is 5.92. The number of likely N-dealkylation sites (N-methyl/N-ethyl adjacent to an activating group) is 1. The van der Waals surface area contributed by atoms with E-state index in [-0.39, 0.29) is 11.8 Å². The Labute approximate surface area is 141 Å². The van der Waals surface area contributed by atoms with Gasteiger partial charge in [0.15, 0.2) is 0 Å². The Balaban J connectivity index is 1.75. The Hall–Kier alpha value is -2.82. The second-order valence-electron chi connectivity index (χ2n) is 5.85. The normalized spacial score (nSPS) is 16.5. The van der Waals surface area contributed by atoms with E-state index >= 15 is 0 Å². The van der Waals surface area contributed by atoms with Gasteiger partial charge in [0, 0.05) is 13.6 Å². The van der Waals surface area contributed by atoms with E-state index in [9.17, 15) is 9.59 Å². The van der Waals surface area contributed by atoms with Gasteiger partial charge in [0.2, 0.25) is 11.8 Å². The van der Waals surface area contributed by atoms with Crippen LogP contribution in [0, 0.1) is 0 Å². The highest BCUT2D eigenvalue weighted by atomic mass is 16.5. The predicted octanol–water partition coefficient (Wildman–Crippen LogP) is 2.07. The minimum Gasteiger partial charge on any atom is -0.497 e. The standard InChI is InChI=1S/C19H20N2O3/c1-21-17(22)11-14-5-3-4-6-16(14)18(21)19(23)20-12-13-7-9-15(24-2)10-8-13/h3-10,18H,11-12H2,1-2H3,(H,20,23). The lowest BCUT2D eigenvalue weighted by Crippen LogP contribution is -2.45. The summed E-state index contributed by atoms with van der Waals surface area (Å²) in [5, 5.41) is 2.92. The van der Waals surface area contributed by atoms with Crippen LogP contribution in [-0.4, -0.2) is 30.9 Å². The molecule has 24 heavy (non-hydrogen) atoms. The van der Waals surface area contributed by atoms with Crippen LogP contribution >= 0.6 is 0 Å². The van der Waals surface area contributed by atoms with Gasteiger partial charge >= 0.3 is 0 Å². The number of rotatable bonds is 4. The molecule has 1 unspecified atom stereocenters. The van der Waals surface area contributed by atoms with E-state index in [0.29, 0.717) is 13.0 Å². The summed E-state index contributed by atoms with van der Waals surface area (Å²) in [6.45, 7) is 0.406. The zero-order valence-corrected chi connectivity index (χ0v) is 13.8. The second kappa shape index (κ2) is 6.74. The van der Waals surface area contributed by atoms with Crippen molar-refractivity contribution in [2.24, 2.45) is 0 Å². The largest absolute Gasteiger partial charge is 0.497 e. The summed E-state index contributed by atoms with van der Waals surface area (Å²) in [6, 6.07) is 14.5. The summed E-state index contributed by atoms with van der Waals surface area (Å²) in [6.07, 6.45) is 0.342. The molecule has 5 nitrogen and oxygen atoms in total. The summed E-state index contributed by atoms with van der Waals surface area (Å²) < 4.78 is 5.12. The molecule has 5 heteroatoms. The number of ether oxygens (including phenoxy) is 1. The number of carbonyl (C=O) groups excluding carboxylic acids is 2. The number of nitrogens with one attached hydrogen (secondary N) is 1. The molecule has 0 bridgehead atoms. The molecule has 1 aliphatic rings. The van der Waals surface area contributed by atoms with E-state index in [1.807, 2.05) is 48.5 Å². The molecule has 0 spiro atoms. The van der Waals surface area contributed by atoms with Crippen LogP contribution in [0.5, 0.6) is 5.75 Å². The number of hydrogen-bond donors (Lipinski definition) is 1. The first-order valence-electron chi connectivity index (χ1n) is 7.84. The molecule has 0 fully saturated rings. The maximum absolute atomic E-state index is 12.7. The first-order valence-corrected chi connectivity index (χ1v) is 7.84. The number of amides is 2. The zero-order chi connectivity index (χ0) is 17.1. The molecule has 1 N–H and O–H groups in total. The van der Waals surface area contributed by atoms with Crippen molar-refractivity contribution in [3.8, 4) is 5.75 Å². The van der Waals surface area contributed by atoms with Crippen LogP contribution in [0.1, 0.15) is 22.7 Å². The van der Waals surface area contributed by atoms with Gasteiger partial charge < -0.3 is 15.0 Å². The molecular formula is C19H20N2O3. The summed E-state index contributed by atoms with van der Waals surface area (Å²) >= 11 is 0. The molecule has 124 valence electrons. The quantitative estimate of drug-likeness (QED) is 0.936. The fraction of sp³-hybridized carbons (Fsp3) is 0.263. The van der Waals surface area contributed by atoms with Crippen molar-refractivity contribution in [2.45, 2.75) is 19.0 Å². The topological polar surface area (TPSA) is 58.6 Å². The Bertz CT molecular complexity index is 755. The van der Waals surface area contributed by atoms with Gasteiger partial charge in [-0.05, 0) is 28.8 Å². The zero-order valence-electron chi connectivity index (χ0n) is 13.8. The number of nitrogens with zero attached hydrogens (tertiary/aromatic N) is 1. The van der Waals surface area contributed by atoms with Gasteiger partial charge in [-0.25, -0.2) is 0 Å². The molecule has 2 aromatic rings. The van der Waals surface area contributed by atoms with E-state index < -0.39 is 6.04 Å². The highest BCUT2D eigenvalue weighted by Crippen LogP contribution is 2.29. The predicted molar refractivity (Wildman–Crippen MR) is 90.5 cm³/mol. The molecule has 0 saturated carbocycles. The Morgan fingerprint density at radius 2 is 1.92 bits per heavy atom. The Kier molecular flexibility index (Phi) is 4.51. The molecular weight excluding hydrogens is 304 g/mol. The second-order valence-corrected chi connectivity index (χ2v) is 5.85. The van der Waals surface area contributed by atoms with Gasteiger partial charge in [0.1, 0.15) is 11.8 Å². The molecule has 2 amide bonds. The minimum atomic E-state index is -0.583. The third-order valence-electron chi connectivity index (χ3n) is 4.35. The molecule has 1 heterocycles. The van der Waals surface area contributed by atoms with E-state index in [4.69, 9.17) is 4.74 Å². The molecule has 0 saturated heterocycles. The lowest BCUT2D eigenvalue weighted by Gasteiger charge is -2.33. The van der Waals surface area contributed by atoms with Crippen LogP contribution in [0.3, 0.4) is 0 Å². The Morgan fingerprint density at radius 1 is 1.21 bits per heavy atom. The maximum Gasteiger partial charge on any atom is 0.247 e. The van der Waals surface area contributed by atoms with Crippen molar-refractivity contribution >= 4 is 11.8 Å². The van der Waals surface area contributed by atoms with Crippen molar-refractivity contribution in [3.05, 3.63) is 65.2 Å². The van der Waals surface area contributed by atoms with E-state index in [1.165, 1.54) is 4.90 Å². The van der Waals surface area contributed by atoms with Crippen LogP contribution in [0.25, 0.3) is 0 Å². The molecule has 0 radical (unpaired) electrons. The van der Waals surface area contributed by atoms with Crippen molar-refractivity contribution in [3.63, 3.8) is 0 Å². The number of benzene rings is 2. The number of carbonyl (C=O) groups is 2. The summed E-state index contributed by atoms with van der Waals surface area (Å²) in [4.78, 5) is 26.4. The SMILES string of the molecule is COc1ccc(CNC(=O)C2c3ccccc3CC(=O)N2C)cc1. The van der Waals surface area contributed by atoms with Gasteiger partial charge in [-0.15, -0.1) is 0 Å². The van der Waals surface area contributed by atoms with Gasteiger partial charge in [-0.3, -0.25) is 9.59 Å². The van der Waals surface area contributed by atoms with Gasteiger partial charge in [0.05, 0.1) is 13.5 Å².